The molecule has 0 amide bonds. The number of sulfone groups is 1. The molecular weight excluding hydrogens is 306 g/mol. The lowest BCUT2D eigenvalue weighted by molar-refractivity contribution is 0.372. The number of hydrogen-bond acceptors (Lipinski definition) is 6. The van der Waals surface area contributed by atoms with Crippen LogP contribution in [0.4, 0.5) is 5.82 Å². The standard InChI is InChI=1S/C14H19N3O2S2/c1-21(18,19)11-4-2-10(3-5-11)8-15-13-12-6-7-20-14(12)17-9-16-13/h6-7,9-11H,2-5,8H2,1H3,(H,15,16,17). The van der Waals surface area contributed by atoms with E-state index in [0.29, 0.717) is 5.92 Å². The van der Waals surface area contributed by atoms with Gasteiger partial charge in [0.05, 0.1) is 10.6 Å². The third kappa shape index (κ3) is 3.35. The number of nitrogens with zero attached hydrogens (tertiary/aromatic N) is 2. The number of aromatic nitrogens is 2. The van der Waals surface area contributed by atoms with Crippen LogP contribution in [0.5, 0.6) is 0 Å². The van der Waals surface area contributed by atoms with E-state index in [-0.39, 0.29) is 5.25 Å². The van der Waals surface area contributed by atoms with Gasteiger partial charge in [-0.2, -0.15) is 0 Å². The lowest BCUT2D eigenvalue weighted by Gasteiger charge is -2.27. The van der Waals surface area contributed by atoms with Crippen molar-refractivity contribution in [2.45, 2.75) is 30.9 Å². The maximum absolute atomic E-state index is 11.6. The Labute approximate surface area is 128 Å². The van der Waals surface area contributed by atoms with Crippen molar-refractivity contribution in [2.75, 3.05) is 18.1 Å². The second kappa shape index (κ2) is 5.88. The molecule has 21 heavy (non-hydrogen) atoms. The van der Waals surface area contributed by atoms with Crippen molar-refractivity contribution < 1.29 is 8.42 Å². The van der Waals surface area contributed by atoms with Crippen LogP contribution in [0.2, 0.25) is 0 Å². The van der Waals surface area contributed by atoms with Crippen molar-refractivity contribution >= 4 is 37.2 Å². The van der Waals surface area contributed by atoms with Crippen LogP contribution in [0.1, 0.15) is 25.7 Å². The minimum absolute atomic E-state index is 0.142. The van der Waals surface area contributed by atoms with Gasteiger partial charge in [-0.3, -0.25) is 0 Å². The van der Waals surface area contributed by atoms with Crippen molar-refractivity contribution in [3.05, 3.63) is 17.8 Å². The average Bonchev–Trinajstić information content (AvgIpc) is 2.93. The van der Waals surface area contributed by atoms with Gasteiger partial charge in [-0.15, -0.1) is 11.3 Å². The fourth-order valence-electron chi connectivity index (χ4n) is 2.94. The molecule has 0 aromatic carbocycles. The summed E-state index contributed by atoms with van der Waals surface area (Å²) in [5.41, 5.74) is 0. The summed E-state index contributed by atoms with van der Waals surface area (Å²) < 4.78 is 23.1. The van der Waals surface area contributed by atoms with Crippen LogP contribution in [0, 0.1) is 5.92 Å². The number of thiophene rings is 1. The average molecular weight is 325 g/mol. The summed E-state index contributed by atoms with van der Waals surface area (Å²) in [6, 6.07) is 2.03. The van der Waals surface area contributed by atoms with E-state index in [1.165, 1.54) is 6.26 Å². The Kier molecular flexibility index (Phi) is 4.12. The fraction of sp³-hybridized carbons (Fsp3) is 0.571. The molecule has 1 fully saturated rings. The molecule has 2 aromatic rings. The molecule has 0 atom stereocenters. The molecular formula is C14H19N3O2S2. The highest BCUT2D eigenvalue weighted by Gasteiger charge is 2.27. The summed E-state index contributed by atoms with van der Waals surface area (Å²) in [5.74, 6) is 1.40. The predicted molar refractivity (Wildman–Crippen MR) is 86.5 cm³/mol. The molecule has 0 bridgehead atoms. The molecule has 7 heteroatoms. The van der Waals surface area contributed by atoms with Gasteiger partial charge in [-0.1, -0.05) is 0 Å². The lowest BCUT2D eigenvalue weighted by Crippen LogP contribution is -2.29. The Morgan fingerprint density at radius 1 is 1.29 bits per heavy atom. The van der Waals surface area contributed by atoms with Crippen molar-refractivity contribution in [3.63, 3.8) is 0 Å². The Morgan fingerprint density at radius 2 is 2.05 bits per heavy atom. The van der Waals surface area contributed by atoms with E-state index in [1.807, 2.05) is 11.4 Å². The Bertz CT molecular complexity index is 719. The van der Waals surface area contributed by atoms with Crippen molar-refractivity contribution in [1.82, 2.24) is 9.97 Å². The SMILES string of the molecule is CS(=O)(=O)C1CCC(CNc2ncnc3sccc23)CC1. The van der Waals surface area contributed by atoms with Crippen LogP contribution in [0.15, 0.2) is 17.8 Å². The zero-order valence-electron chi connectivity index (χ0n) is 11.9. The maximum atomic E-state index is 11.6. The predicted octanol–water partition coefficient (Wildman–Crippen LogP) is 2.71. The summed E-state index contributed by atoms with van der Waals surface area (Å²) in [6.45, 7) is 0.846. The first kappa shape index (κ1) is 14.7. The first-order valence-electron chi connectivity index (χ1n) is 7.15. The zero-order valence-corrected chi connectivity index (χ0v) is 13.6. The normalized spacial score (nSPS) is 23.3. The monoisotopic (exact) mass is 325 g/mol. The van der Waals surface area contributed by atoms with Crippen LogP contribution >= 0.6 is 11.3 Å². The van der Waals surface area contributed by atoms with Crippen LogP contribution in [0.3, 0.4) is 0 Å². The number of rotatable bonds is 4. The molecule has 3 rings (SSSR count). The molecule has 1 aliphatic rings. The van der Waals surface area contributed by atoms with E-state index in [4.69, 9.17) is 0 Å². The first-order chi connectivity index (χ1) is 10.0. The number of fused-ring (bicyclic) bond motifs is 1. The molecule has 1 aliphatic carbocycles. The molecule has 114 valence electrons. The van der Waals surface area contributed by atoms with E-state index < -0.39 is 9.84 Å². The minimum atomic E-state index is -2.88. The zero-order chi connectivity index (χ0) is 14.9. The van der Waals surface area contributed by atoms with Crippen molar-refractivity contribution in [2.24, 2.45) is 5.92 Å². The van der Waals surface area contributed by atoms with E-state index >= 15 is 0 Å². The number of hydrogen-bond donors (Lipinski definition) is 1. The Hall–Kier alpha value is -1.21. The highest BCUT2D eigenvalue weighted by molar-refractivity contribution is 7.91. The van der Waals surface area contributed by atoms with E-state index in [0.717, 1.165) is 48.3 Å². The molecule has 5 nitrogen and oxygen atoms in total. The Balaban J connectivity index is 1.58. The lowest BCUT2D eigenvalue weighted by atomic mass is 9.89. The highest BCUT2D eigenvalue weighted by Crippen LogP contribution is 2.29. The molecule has 2 aromatic heterocycles. The Morgan fingerprint density at radius 3 is 2.76 bits per heavy atom. The first-order valence-corrected chi connectivity index (χ1v) is 9.98. The van der Waals surface area contributed by atoms with Gasteiger partial charge in [0.15, 0.2) is 0 Å². The molecule has 0 unspecified atom stereocenters. The van der Waals surface area contributed by atoms with Gasteiger partial charge >= 0.3 is 0 Å². The van der Waals surface area contributed by atoms with Crippen LogP contribution in [0.25, 0.3) is 10.2 Å². The van der Waals surface area contributed by atoms with Gasteiger partial charge in [-0.05, 0) is 43.0 Å². The minimum Gasteiger partial charge on any atom is -0.369 e. The molecule has 0 radical (unpaired) electrons. The van der Waals surface area contributed by atoms with Gasteiger partial charge in [0, 0.05) is 12.8 Å². The van der Waals surface area contributed by atoms with E-state index in [2.05, 4.69) is 15.3 Å². The van der Waals surface area contributed by atoms with Crippen molar-refractivity contribution in [3.8, 4) is 0 Å². The maximum Gasteiger partial charge on any atom is 0.150 e. The molecule has 1 N–H and O–H groups in total. The van der Waals surface area contributed by atoms with Crippen molar-refractivity contribution in [1.29, 1.82) is 0 Å². The largest absolute Gasteiger partial charge is 0.369 e. The van der Waals surface area contributed by atoms with Gasteiger partial charge in [0.25, 0.3) is 0 Å². The molecule has 0 aliphatic heterocycles. The number of anilines is 1. The van der Waals surface area contributed by atoms with Crippen LogP contribution in [-0.4, -0.2) is 36.4 Å². The van der Waals surface area contributed by atoms with Gasteiger partial charge in [-0.25, -0.2) is 18.4 Å². The second-order valence-electron chi connectivity index (χ2n) is 5.71. The summed E-state index contributed by atoms with van der Waals surface area (Å²) >= 11 is 1.61. The molecule has 1 saturated carbocycles. The van der Waals surface area contributed by atoms with Gasteiger partial charge in [0.2, 0.25) is 0 Å². The summed E-state index contributed by atoms with van der Waals surface area (Å²) in [5, 5.41) is 6.34. The van der Waals surface area contributed by atoms with Gasteiger partial charge < -0.3 is 5.32 Å². The fourth-order valence-corrected chi connectivity index (χ4v) is 4.80. The summed E-state index contributed by atoms with van der Waals surface area (Å²) in [6.07, 6.45) is 6.42. The molecule has 0 spiro atoms. The molecule has 0 saturated heterocycles. The van der Waals surface area contributed by atoms with Crippen LogP contribution in [-0.2, 0) is 9.84 Å². The second-order valence-corrected chi connectivity index (χ2v) is 8.94. The highest BCUT2D eigenvalue weighted by atomic mass is 32.2. The van der Waals surface area contributed by atoms with Crippen LogP contribution < -0.4 is 5.32 Å². The number of nitrogens with one attached hydrogen (secondary N) is 1. The van der Waals surface area contributed by atoms with E-state index in [1.54, 1.807) is 17.7 Å². The third-order valence-electron chi connectivity index (χ3n) is 4.22. The van der Waals surface area contributed by atoms with E-state index in [9.17, 15) is 8.42 Å². The topological polar surface area (TPSA) is 72.0 Å². The quantitative estimate of drug-likeness (QED) is 0.936. The summed E-state index contributed by atoms with van der Waals surface area (Å²) in [4.78, 5) is 9.53. The third-order valence-corrected chi connectivity index (χ3v) is 6.72. The summed E-state index contributed by atoms with van der Waals surface area (Å²) in [7, 11) is -2.88. The molecule has 2 heterocycles. The smallest absolute Gasteiger partial charge is 0.150 e. The van der Waals surface area contributed by atoms with Gasteiger partial charge in [0.1, 0.15) is 26.8 Å².